The summed E-state index contributed by atoms with van der Waals surface area (Å²) in [6, 6.07) is 9.71. The van der Waals surface area contributed by atoms with E-state index in [1.165, 1.54) is 4.80 Å². The van der Waals surface area contributed by atoms with Gasteiger partial charge in [0.15, 0.2) is 0 Å². The first kappa shape index (κ1) is 19.5. The van der Waals surface area contributed by atoms with Gasteiger partial charge in [0.05, 0.1) is 31.7 Å². The zero-order valence-electron chi connectivity index (χ0n) is 17.6. The van der Waals surface area contributed by atoms with Gasteiger partial charge in [0.25, 0.3) is 5.91 Å². The van der Waals surface area contributed by atoms with E-state index in [1.807, 2.05) is 30.0 Å². The summed E-state index contributed by atoms with van der Waals surface area (Å²) in [6.07, 6.45) is 7.98. The number of carbonyl (C=O) groups excluding carboxylic acids is 1. The number of pyridine rings is 1. The summed E-state index contributed by atoms with van der Waals surface area (Å²) < 4.78 is 11.3. The lowest BCUT2D eigenvalue weighted by Crippen LogP contribution is -2.38. The molecule has 3 aromatic rings. The second kappa shape index (κ2) is 8.02. The summed E-state index contributed by atoms with van der Waals surface area (Å²) >= 11 is 0. The zero-order chi connectivity index (χ0) is 21.4. The number of rotatable bonds is 6. The molecule has 3 unspecified atom stereocenters. The van der Waals surface area contributed by atoms with Gasteiger partial charge in [0, 0.05) is 36.3 Å². The van der Waals surface area contributed by atoms with Crippen LogP contribution in [-0.2, 0) is 0 Å². The molecular weight excluding hydrogens is 394 g/mol. The van der Waals surface area contributed by atoms with E-state index in [0.717, 1.165) is 24.8 Å². The molecule has 8 nitrogen and oxygen atoms in total. The van der Waals surface area contributed by atoms with Gasteiger partial charge in [-0.15, -0.1) is 0 Å². The van der Waals surface area contributed by atoms with E-state index >= 15 is 0 Å². The van der Waals surface area contributed by atoms with Crippen LogP contribution in [0.5, 0.6) is 11.6 Å². The van der Waals surface area contributed by atoms with Crippen molar-refractivity contribution in [3.8, 4) is 17.3 Å². The molecule has 2 aromatic heterocycles. The summed E-state index contributed by atoms with van der Waals surface area (Å²) in [4.78, 5) is 21.5. The molecule has 1 amide bonds. The molecule has 0 radical (unpaired) electrons. The van der Waals surface area contributed by atoms with Crippen molar-refractivity contribution in [2.75, 3.05) is 13.7 Å². The highest BCUT2D eigenvalue weighted by Crippen LogP contribution is 2.43. The molecule has 8 heteroatoms. The fourth-order valence-electron chi connectivity index (χ4n) is 4.80. The normalized spacial score (nSPS) is 22.0. The maximum atomic E-state index is 13.6. The van der Waals surface area contributed by atoms with E-state index in [0.29, 0.717) is 35.4 Å². The molecule has 2 aliphatic heterocycles. The fraction of sp³-hybridized carbons (Fsp3) is 0.391. The largest absolute Gasteiger partial charge is 0.497 e. The quantitative estimate of drug-likeness (QED) is 0.611. The number of aryl methyl sites for hydroxylation is 1. The highest BCUT2D eigenvalue weighted by molar-refractivity contribution is 5.98. The molecule has 160 valence electrons. The summed E-state index contributed by atoms with van der Waals surface area (Å²) in [5.41, 5.74) is 2.30. The number of hydrogen-bond donors (Lipinski definition) is 0. The van der Waals surface area contributed by atoms with Crippen LogP contribution in [0.3, 0.4) is 0 Å². The van der Waals surface area contributed by atoms with Gasteiger partial charge in [-0.3, -0.25) is 4.79 Å². The second-order valence-corrected chi connectivity index (χ2v) is 8.19. The molecule has 0 spiro atoms. The van der Waals surface area contributed by atoms with E-state index in [-0.39, 0.29) is 18.0 Å². The molecule has 0 saturated carbocycles. The van der Waals surface area contributed by atoms with Gasteiger partial charge in [0.2, 0.25) is 5.88 Å². The predicted molar refractivity (Wildman–Crippen MR) is 113 cm³/mol. The molecule has 2 fully saturated rings. The van der Waals surface area contributed by atoms with E-state index < -0.39 is 0 Å². The van der Waals surface area contributed by atoms with Crippen LogP contribution in [0, 0.1) is 12.8 Å². The van der Waals surface area contributed by atoms with Gasteiger partial charge < -0.3 is 14.4 Å². The first-order chi connectivity index (χ1) is 15.1. The zero-order valence-corrected chi connectivity index (χ0v) is 17.6. The van der Waals surface area contributed by atoms with Crippen LogP contribution in [0.2, 0.25) is 0 Å². The molecule has 2 aliphatic rings. The van der Waals surface area contributed by atoms with Crippen LogP contribution in [0.15, 0.2) is 48.9 Å². The third-order valence-corrected chi connectivity index (χ3v) is 6.30. The first-order valence-corrected chi connectivity index (χ1v) is 10.6. The Balaban J connectivity index is 1.36. The van der Waals surface area contributed by atoms with Gasteiger partial charge in [0.1, 0.15) is 11.4 Å². The number of nitrogens with zero attached hydrogens (tertiary/aromatic N) is 5. The highest BCUT2D eigenvalue weighted by Gasteiger charge is 2.49. The van der Waals surface area contributed by atoms with Gasteiger partial charge in [-0.2, -0.15) is 15.0 Å². The molecule has 4 heterocycles. The maximum absolute atomic E-state index is 13.6. The van der Waals surface area contributed by atoms with Crippen molar-refractivity contribution in [1.29, 1.82) is 0 Å². The van der Waals surface area contributed by atoms with Crippen molar-refractivity contribution >= 4 is 5.91 Å². The lowest BCUT2D eigenvalue weighted by molar-refractivity contribution is 0.0709. The number of amides is 1. The van der Waals surface area contributed by atoms with Crippen molar-refractivity contribution < 1.29 is 14.3 Å². The molecule has 31 heavy (non-hydrogen) atoms. The van der Waals surface area contributed by atoms with Crippen molar-refractivity contribution in [2.24, 2.45) is 5.92 Å². The van der Waals surface area contributed by atoms with Gasteiger partial charge in [-0.1, -0.05) is 6.07 Å². The van der Waals surface area contributed by atoms with Crippen molar-refractivity contribution in [3.63, 3.8) is 0 Å². The van der Waals surface area contributed by atoms with Crippen molar-refractivity contribution in [2.45, 2.75) is 38.3 Å². The maximum Gasteiger partial charge on any atom is 0.256 e. The van der Waals surface area contributed by atoms with Crippen LogP contribution >= 0.6 is 0 Å². The third-order valence-electron chi connectivity index (χ3n) is 6.30. The number of methoxy groups -OCH3 is 1. The topological polar surface area (TPSA) is 82.4 Å². The van der Waals surface area contributed by atoms with E-state index in [4.69, 9.17) is 9.47 Å². The van der Waals surface area contributed by atoms with Crippen LogP contribution < -0.4 is 9.47 Å². The SMILES string of the molecule is COc1ccc(C(=O)N2C3CCC2C(COc2ccc(C)cn2)C3)c(-n2nccn2)c1. The minimum atomic E-state index is 0.0124. The molecule has 2 bridgehead atoms. The Labute approximate surface area is 180 Å². The lowest BCUT2D eigenvalue weighted by Gasteiger charge is -2.25. The standard InChI is InChI=1S/C23H25N5O3/c1-15-3-8-22(24-13-15)31-14-16-11-17-4-7-20(16)27(17)23(29)19-6-5-18(30-2)12-21(19)28-25-9-10-26-28/h3,5-6,8-10,12-13,16-17,20H,4,7,11,14H2,1-2H3. The summed E-state index contributed by atoms with van der Waals surface area (Å²) in [6.45, 7) is 2.57. The van der Waals surface area contributed by atoms with Crippen LogP contribution in [-0.4, -0.2) is 56.6 Å². The monoisotopic (exact) mass is 419 g/mol. The van der Waals surface area contributed by atoms with Gasteiger partial charge in [-0.25, -0.2) is 4.98 Å². The number of carbonyl (C=O) groups is 1. The number of aromatic nitrogens is 4. The van der Waals surface area contributed by atoms with E-state index in [2.05, 4.69) is 15.2 Å². The van der Waals surface area contributed by atoms with Crippen LogP contribution in [0.25, 0.3) is 5.69 Å². The van der Waals surface area contributed by atoms with Gasteiger partial charge in [-0.05, 0) is 43.9 Å². The molecule has 5 rings (SSSR count). The molecule has 0 aliphatic carbocycles. The number of benzene rings is 1. The molecular formula is C23H25N5O3. The Morgan fingerprint density at radius 3 is 2.74 bits per heavy atom. The Morgan fingerprint density at radius 1 is 1.16 bits per heavy atom. The Kier molecular flexibility index (Phi) is 5.05. The van der Waals surface area contributed by atoms with Crippen LogP contribution in [0.1, 0.15) is 35.2 Å². The van der Waals surface area contributed by atoms with Crippen molar-refractivity contribution in [1.82, 2.24) is 24.9 Å². The Morgan fingerprint density at radius 2 is 2.00 bits per heavy atom. The van der Waals surface area contributed by atoms with Crippen molar-refractivity contribution in [3.05, 3.63) is 60.0 Å². The highest BCUT2D eigenvalue weighted by atomic mass is 16.5. The lowest BCUT2D eigenvalue weighted by atomic mass is 9.90. The smallest absolute Gasteiger partial charge is 0.256 e. The van der Waals surface area contributed by atoms with E-state index in [1.54, 1.807) is 37.8 Å². The van der Waals surface area contributed by atoms with E-state index in [9.17, 15) is 4.79 Å². The fourth-order valence-corrected chi connectivity index (χ4v) is 4.80. The first-order valence-electron chi connectivity index (χ1n) is 10.6. The second-order valence-electron chi connectivity index (χ2n) is 8.19. The number of fused-ring (bicyclic) bond motifs is 2. The minimum Gasteiger partial charge on any atom is -0.497 e. The van der Waals surface area contributed by atoms with Gasteiger partial charge >= 0.3 is 0 Å². The Hall–Kier alpha value is -3.42. The minimum absolute atomic E-state index is 0.0124. The summed E-state index contributed by atoms with van der Waals surface area (Å²) in [5, 5.41) is 8.44. The average molecular weight is 419 g/mol. The van der Waals surface area contributed by atoms with Crippen LogP contribution in [0.4, 0.5) is 0 Å². The number of ether oxygens (including phenoxy) is 2. The molecule has 0 N–H and O–H groups in total. The molecule has 3 atom stereocenters. The summed E-state index contributed by atoms with van der Waals surface area (Å²) in [7, 11) is 1.60. The number of hydrogen-bond acceptors (Lipinski definition) is 6. The predicted octanol–water partition coefficient (Wildman–Crippen LogP) is 3.05. The molecule has 1 aromatic carbocycles. The third kappa shape index (κ3) is 3.62. The Bertz CT molecular complexity index is 1070. The average Bonchev–Trinajstić information content (AvgIpc) is 3.54. The summed E-state index contributed by atoms with van der Waals surface area (Å²) in [5.74, 6) is 1.60. The molecule has 2 saturated heterocycles.